The van der Waals surface area contributed by atoms with Crippen molar-refractivity contribution in [3.63, 3.8) is 0 Å². The van der Waals surface area contributed by atoms with Crippen LogP contribution in [-0.2, 0) is 11.3 Å². The Labute approximate surface area is 147 Å². The van der Waals surface area contributed by atoms with Crippen molar-refractivity contribution < 1.29 is 14.0 Å². The van der Waals surface area contributed by atoms with Gasteiger partial charge in [0.2, 0.25) is 5.91 Å². The van der Waals surface area contributed by atoms with Gasteiger partial charge in [-0.25, -0.2) is 9.18 Å². The third-order valence-electron chi connectivity index (χ3n) is 3.63. The van der Waals surface area contributed by atoms with Crippen molar-refractivity contribution in [2.75, 3.05) is 18.8 Å². The molecule has 1 saturated heterocycles. The Bertz CT molecular complexity index is 823. The minimum atomic E-state index is -0.401. The van der Waals surface area contributed by atoms with Crippen LogP contribution < -0.4 is 5.32 Å². The van der Waals surface area contributed by atoms with Crippen LogP contribution in [-0.4, -0.2) is 50.4 Å². The van der Waals surface area contributed by atoms with Crippen molar-refractivity contribution in [3.8, 4) is 11.4 Å². The van der Waals surface area contributed by atoms with Gasteiger partial charge in [-0.3, -0.25) is 14.3 Å². The molecule has 9 heteroatoms. The van der Waals surface area contributed by atoms with Crippen LogP contribution in [0.4, 0.5) is 9.18 Å². The Morgan fingerprint density at radius 2 is 2.20 bits per heavy atom. The molecule has 1 fully saturated rings. The molecular weight excluding hydrogens is 345 g/mol. The number of carbonyl (C=O) groups excluding carboxylic acids is 2. The average molecular weight is 361 g/mol. The number of urea groups is 1. The largest absolute Gasteiger partial charge is 0.336 e. The molecular formula is C16H16FN5O2S. The van der Waals surface area contributed by atoms with Gasteiger partial charge in [-0.1, -0.05) is 30.0 Å². The van der Waals surface area contributed by atoms with E-state index in [-0.39, 0.29) is 17.7 Å². The van der Waals surface area contributed by atoms with E-state index in [0.717, 1.165) is 11.8 Å². The lowest BCUT2D eigenvalue weighted by Gasteiger charge is -2.12. The van der Waals surface area contributed by atoms with E-state index in [1.54, 1.807) is 28.8 Å². The molecule has 1 aromatic carbocycles. The van der Waals surface area contributed by atoms with Gasteiger partial charge in [0, 0.05) is 19.6 Å². The molecule has 1 aliphatic heterocycles. The summed E-state index contributed by atoms with van der Waals surface area (Å²) in [5.74, 6) is -0.297. The Morgan fingerprint density at radius 1 is 1.40 bits per heavy atom. The van der Waals surface area contributed by atoms with Crippen LogP contribution in [0, 0.1) is 5.82 Å². The Morgan fingerprint density at radius 3 is 2.88 bits per heavy atom. The van der Waals surface area contributed by atoms with E-state index in [9.17, 15) is 14.0 Å². The molecule has 0 atom stereocenters. The summed E-state index contributed by atoms with van der Waals surface area (Å²) in [6, 6.07) is 5.90. The van der Waals surface area contributed by atoms with Crippen LogP contribution in [0.3, 0.4) is 0 Å². The summed E-state index contributed by atoms with van der Waals surface area (Å²) in [4.78, 5) is 24.8. The molecule has 3 amide bonds. The summed E-state index contributed by atoms with van der Waals surface area (Å²) in [5, 5.41) is 11.2. The van der Waals surface area contributed by atoms with Gasteiger partial charge in [-0.15, -0.1) is 16.8 Å². The monoisotopic (exact) mass is 361 g/mol. The molecule has 0 bridgehead atoms. The minimum absolute atomic E-state index is 0.0416. The van der Waals surface area contributed by atoms with Gasteiger partial charge in [0.05, 0.1) is 11.3 Å². The summed E-state index contributed by atoms with van der Waals surface area (Å²) >= 11 is 1.15. The van der Waals surface area contributed by atoms with Gasteiger partial charge >= 0.3 is 6.03 Å². The zero-order valence-corrected chi connectivity index (χ0v) is 14.1. The third-order valence-corrected chi connectivity index (χ3v) is 4.58. The second kappa shape index (κ2) is 7.47. The fourth-order valence-electron chi connectivity index (χ4n) is 2.44. The summed E-state index contributed by atoms with van der Waals surface area (Å²) in [7, 11) is 0. The number of hydrogen-bond acceptors (Lipinski definition) is 5. The van der Waals surface area contributed by atoms with Gasteiger partial charge in [-0.2, -0.15) is 0 Å². The first-order valence-electron chi connectivity index (χ1n) is 7.62. The predicted molar refractivity (Wildman–Crippen MR) is 91.4 cm³/mol. The van der Waals surface area contributed by atoms with Gasteiger partial charge in [-0.05, 0) is 12.1 Å². The zero-order valence-electron chi connectivity index (χ0n) is 13.3. The number of hydrogen-bond donors (Lipinski definition) is 1. The SMILES string of the molecule is C=CCn1c(SCC(=O)N2CCNC2=O)nnc1-c1ccccc1F. The van der Waals surface area contributed by atoms with Crippen molar-refractivity contribution in [2.45, 2.75) is 11.7 Å². The summed E-state index contributed by atoms with van der Waals surface area (Å²) in [5.41, 5.74) is 0.328. The number of aromatic nitrogens is 3. The van der Waals surface area contributed by atoms with E-state index in [4.69, 9.17) is 0 Å². The summed E-state index contributed by atoms with van der Waals surface area (Å²) in [6.45, 7) is 4.88. The van der Waals surface area contributed by atoms with Crippen molar-refractivity contribution >= 4 is 23.7 Å². The molecule has 0 saturated carbocycles. The van der Waals surface area contributed by atoms with E-state index in [2.05, 4.69) is 22.1 Å². The van der Waals surface area contributed by atoms with Gasteiger partial charge in [0.15, 0.2) is 11.0 Å². The fraction of sp³-hybridized carbons (Fsp3) is 0.250. The zero-order chi connectivity index (χ0) is 17.8. The Hall–Kier alpha value is -2.68. The number of halogens is 1. The van der Waals surface area contributed by atoms with E-state index >= 15 is 0 Å². The highest BCUT2D eigenvalue weighted by Crippen LogP contribution is 2.26. The number of nitrogens with one attached hydrogen (secondary N) is 1. The van der Waals surface area contributed by atoms with Crippen LogP contribution >= 0.6 is 11.8 Å². The molecule has 1 N–H and O–H groups in total. The Kier molecular flexibility index (Phi) is 5.13. The average Bonchev–Trinajstić information content (AvgIpc) is 3.20. The maximum Gasteiger partial charge on any atom is 0.324 e. The van der Waals surface area contributed by atoms with Crippen LogP contribution in [0.2, 0.25) is 0 Å². The molecule has 25 heavy (non-hydrogen) atoms. The molecule has 1 aromatic heterocycles. The maximum absolute atomic E-state index is 14.0. The quantitative estimate of drug-likeness (QED) is 0.628. The minimum Gasteiger partial charge on any atom is -0.336 e. The highest BCUT2D eigenvalue weighted by atomic mass is 32.2. The van der Waals surface area contributed by atoms with Crippen molar-refractivity contribution in [2.24, 2.45) is 0 Å². The highest BCUT2D eigenvalue weighted by Gasteiger charge is 2.26. The van der Waals surface area contributed by atoms with Gasteiger partial charge in [0.1, 0.15) is 5.82 Å². The summed E-state index contributed by atoms with van der Waals surface area (Å²) < 4.78 is 15.7. The summed E-state index contributed by atoms with van der Waals surface area (Å²) in [6.07, 6.45) is 1.65. The highest BCUT2D eigenvalue weighted by molar-refractivity contribution is 7.99. The predicted octanol–water partition coefficient (Wildman–Crippen LogP) is 1.91. The number of allylic oxidation sites excluding steroid dienone is 1. The second-order valence-corrected chi connectivity index (χ2v) is 6.19. The Balaban J connectivity index is 1.80. The number of amides is 3. The standard InChI is InChI=1S/C16H16FN5O2S/c1-2-8-22-14(11-5-3-4-6-12(11)17)19-20-16(22)25-10-13(23)21-9-7-18-15(21)24/h2-6H,1,7-10H2,(H,18,24). The van der Waals surface area contributed by atoms with Crippen molar-refractivity contribution in [3.05, 3.63) is 42.7 Å². The molecule has 0 spiro atoms. The number of rotatable bonds is 6. The van der Waals surface area contributed by atoms with Crippen LogP contribution in [0.5, 0.6) is 0 Å². The molecule has 3 rings (SSSR count). The number of benzene rings is 1. The van der Waals surface area contributed by atoms with Crippen molar-refractivity contribution in [1.29, 1.82) is 0 Å². The second-order valence-electron chi connectivity index (χ2n) is 5.25. The number of nitrogens with zero attached hydrogens (tertiary/aromatic N) is 4. The molecule has 130 valence electrons. The van der Waals surface area contributed by atoms with E-state index in [1.807, 2.05) is 0 Å². The van der Waals surface area contributed by atoms with E-state index in [1.165, 1.54) is 11.0 Å². The molecule has 2 heterocycles. The number of thioether (sulfide) groups is 1. The number of carbonyl (C=O) groups is 2. The smallest absolute Gasteiger partial charge is 0.324 e. The van der Waals surface area contributed by atoms with E-state index in [0.29, 0.717) is 36.2 Å². The lowest BCUT2D eigenvalue weighted by atomic mass is 10.2. The number of imide groups is 1. The lowest BCUT2D eigenvalue weighted by Crippen LogP contribution is -2.35. The topological polar surface area (TPSA) is 80.1 Å². The first-order chi connectivity index (χ1) is 12.1. The molecule has 0 radical (unpaired) electrons. The first-order valence-corrected chi connectivity index (χ1v) is 8.60. The van der Waals surface area contributed by atoms with Crippen LogP contribution in [0.1, 0.15) is 0 Å². The molecule has 1 aliphatic rings. The molecule has 0 unspecified atom stereocenters. The molecule has 7 nitrogen and oxygen atoms in total. The van der Waals surface area contributed by atoms with Crippen LogP contribution in [0.15, 0.2) is 42.1 Å². The maximum atomic E-state index is 14.0. The van der Waals surface area contributed by atoms with Gasteiger partial charge in [0.25, 0.3) is 0 Å². The van der Waals surface area contributed by atoms with E-state index < -0.39 is 5.82 Å². The lowest BCUT2D eigenvalue weighted by molar-refractivity contribution is -0.124. The normalized spacial score (nSPS) is 13.8. The fourth-order valence-corrected chi connectivity index (χ4v) is 3.27. The molecule has 0 aliphatic carbocycles. The molecule has 2 aromatic rings. The third kappa shape index (κ3) is 3.55. The van der Waals surface area contributed by atoms with Crippen molar-refractivity contribution in [1.82, 2.24) is 25.0 Å². The van der Waals surface area contributed by atoms with Crippen LogP contribution in [0.25, 0.3) is 11.4 Å². The van der Waals surface area contributed by atoms with Gasteiger partial charge < -0.3 is 5.32 Å². The first kappa shape index (κ1) is 17.2.